The van der Waals surface area contributed by atoms with Crippen LogP contribution in [0, 0.1) is 11.6 Å². The van der Waals surface area contributed by atoms with Gasteiger partial charge in [0.15, 0.2) is 5.82 Å². The molecular weight excluding hydrogens is 406 g/mol. The third-order valence-corrected chi connectivity index (χ3v) is 7.54. The van der Waals surface area contributed by atoms with Gasteiger partial charge in [-0.1, -0.05) is 0 Å². The van der Waals surface area contributed by atoms with Crippen molar-refractivity contribution in [3.8, 4) is 11.3 Å². The molecule has 0 aliphatic carbocycles. The Kier molecular flexibility index (Phi) is 5.24. The fraction of sp³-hybridized carbons (Fsp3) is 0.455. The van der Waals surface area contributed by atoms with Gasteiger partial charge >= 0.3 is 0 Å². The fourth-order valence-corrected chi connectivity index (χ4v) is 5.81. The molecule has 30 heavy (non-hydrogen) atoms. The van der Waals surface area contributed by atoms with Crippen molar-refractivity contribution >= 4 is 22.8 Å². The molecule has 5 heterocycles. The van der Waals surface area contributed by atoms with Crippen molar-refractivity contribution in [2.24, 2.45) is 0 Å². The van der Waals surface area contributed by atoms with E-state index in [2.05, 4.69) is 19.9 Å². The van der Waals surface area contributed by atoms with Crippen LogP contribution in [0.25, 0.3) is 22.3 Å². The Hall–Kier alpha value is -2.03. The lowest BCUT2D eigenvalue weighted by Gasteiger charge is -2.43. The first-order valence-corrected chi connectivity index (χ1v) is 11.5. The van der Waals surface area contributed by atoms with Gasteiger partial charge in [0.05, 0.1) is 16.7 Å². The van der Waals surface area contributed by atoms with Crippen molar-refractivity contribution in [1.29, 1.82) is 0 Å². The van der Waals surface area contributed by atoms with Crippen LogP contribution in [0.15, 0.2) is 30.7 Å². The Morgan fingerprint density at radius 2 is 1.90 bits per heavy atom. The molecule has 3 aromatic heterocycles. The molecule has 3 aromatic rings. The van der Waals surface area contributed by atoms with Crippen LogP contribution in [0.1, 0.15) is 31.2 Å². The predicted octanol–water partition coefficient (Wildman–Crippen LogP) is 4.08. The van der Waals surface area contributed by atoms with Crippen LogP contribution < -0.4 is 0 Å². The Morgan fingerprint density at radius 1 is 1.13 bits per heavy atom. The first-order chi connectivity index (χ1) is 14.5. The Balaban J connectivity index is 1.39. The highest BCUT2D eigenvalue weighted by Crippen LogP contribution is 2.37. The Bertz CT molecular complexity index is 1060. The molecule has 0 unspecified atom stereocenters. The number of aromatic nitrogens is 3. The van der Waals surface area contributed by atoms with Gasteiger partial charge in [-0.2, -0.15) is 11.8 Å². The van der Waals surface area contributed by atoms with Gasteiger partial charge in [0, 0.05) is 54.9 Å². The molecule has 5 nitrogen and oxygen atoms in total. The number of aromatic amines is 1. The number of hydrogen-bond donors (Lipinski definition) is 2. The SMILES string of the molecule is OC1(c2cnc(-c3ccnc4[nH]cc(F)c34)cc2F)CCN(C2CCSCC2)CC1. The number of fused-ring (bicyclic) bond motifs is 1. The van der Waals surface area contributed by atoms with E-state index in [0.29, 0.717) is 35.8 Å². The minimum absolute atomic E-state index is 0.227. The van der Waals surface area contributed by atoms with E-state index in [1.54, 1.807) is 6.07 Å². The zero-order valence-electron chi connectivity index (χ0n) is 16.6. The number of aliphatic hydroxyl groups is 1. The summed E-state index contributed by atoms with van der Waals surface area (Å²) < 4.78 is 29.3. The second-order valence-electron chi connectivity index (χ2n) is 8.18. The number of piperidine rings is 1. The summed E-state index contributed by atoms with van der Waals surface area (Å²) >= 11 is 2.00. The second kappa shape index (κ2) is 7.90. The normalized spacial score (nSPS) is 20.6. The van der Waals surface area contributed by atoms with Gasteiger partial charge in [-0.3, -0.25) is 4.98 Å². The van der Waals surface area contributed by atoms with Crippen LogP contribution in [0.5, 0.6) is 0 Å². The zero-order valence-corrected chi connectivity index (χ0v) is 17.4. The molecule has 0 amide bonds. The molecule has 0 bridgehead atoms. The molecule has 2 fully saturated rings. The molecule has 2 aliphatic rings. The lowest BCUT2D eigenvalue weighted by molar-refractivity contribution is -0.0389. The monoisotopic (exact) mass is 430 g/mol. The maximum Gasteiger partial charge on any atom is 0.150 e. The molecule has 158 valence electrons. The summed E-state index contributed by atoms with van der Waals surface area (Å²) in [5.41, 5.74) is 0.194. The number of likely N-dealkylation sites (tertiary alicyclic amines) is 1. The number of nitrogens with one attached hydrogen (secondary N) is 1. The van der Waals surface area contributed by atoms with Crippen LogP contribution in [-0.4, -0.2) is 55.6 Å². The highest BCUT2D eigenvalue weighted by Gasteiger charge is 2.38. The van der Waals surface area contributed by atoms with Crippen molar-refractivity contribution in [3.05, 3.63) is 47.9 Å². The van der Waals surface area contributed by atoms with E-state index in [-0.39, 0.29) is 10.9 Å². The summed E-state index contributed by atoms with van der Waals surface area (Å²) in [4.78, 5) is 13.7. The summed E-state index contributed by atoms with van der Waals surface area (Å²) in [6.45, 7) is 1.51. The summed E-state index contributed by atoms with van der Waals surface area (Å²) in [6.07, 6.45) is 7.52. The molecule has 0 saturated carbocycles. The smallest absolute Gasteiger partial charge is 0.150 e. The predicted molar refractivity (Wildman–Crippen MR) is 114 cm³/mol. The van der Waals surface area contributed by atoms with Crippen LogP contribution in [-0.2, 0) is 5.60 Å². The molecular formula is C22H24F2N4OS. The number of nitrogens with zero attached hydrogens (tertiary/aromatic N) is 3. The second-order valence-corrected chi connectivity index (χ2v) is 9.40. The van der Waals surface area contributed by atoms with Crippen molar-refractivity contribution in [2.45, 2.75) is 37.3 Å². The summed E-state index contributed by atoms with van der Waals surface area (Å²) in [7, 11) is 0. The first-order valence-electron chi connectivity index (χ1n) is 10.4. The van der Waals surface area contributed by atoms with Crippen LogP contribution in [0.2, 0.25) is 0 Å². The van der Waals surface area contributed by atoms with E-state index in [1.807, 2.05) is 11.8 Å². The lowest BCUT2D eigenvalue weighted by Crippen LogP contribution is -2.48. The van der Waals surface area contributed by atoms with Gasteiger partial charge in [-0.05, 0) is 43.3 Å². The fourth-order valence-electron chi connectivity index (χ4n) is 4.73. The number of hydrogen-bond acceptors (Lipinski definition) is 5. The summed E-state index contributed by atoms with van der Waals surface area (Å²) in [5.74, 6) is 1.42. The van der Waals surface area contributed by atoms with Gasteiger partial charge in [-0.15, -0.1) is 0 Å². The van der Waals surface area contributed by atoms with Gasteiger partial charge in [0.25, 0.3) is 0 Å². The highest BCUT2D eigenvalue weighted by molar-refractivity contribution is 7.99. The van der Waals surface area contributed by atoms with E-state index in [0.717, 1.165) is 13.1 Å². The van der Waals surface area contributed by atoms with Crippen molar-refractivity contribution in [1.82, 2.24) is 19.9 Å². The maximum absolute atomic E-state index is 15.1. The largest absolute Gasteiger partial charge is 0.385 e. The lowest BCUT2D eigenvalue weighted by atomic mass is 9.84. The van der Waals surface area contributed by atoms with Gasteiger partial charge in [0.1, 0.15) is 11.5 Å². The average molecular weight is 431 g/mol. The minimum atomic E-state index is -1.22. The molecule has 2 N–H and O–H groups in total. The number of rotatable bonds is 3. The maximum atomic E-state index is 15.1. The molecule has 0 aromatic carbocycles. The van der Waals surface area contributed by atoms with Crippen molar-refractivity contribution in [2.75, 3.05) is 24.6 Å². The quantitative estimate of drug-likeness (QED) is 0.656. The van der Waals surface area contributed by atoms with E-state index in [9.17, 15) is 9.50 Å². The number of thioether (sulfide) groups is 1. The van der Waals surface area contributed by atoms with E-state index < -0.39 is 17.2 Å². The topological polar surface area (TPSA) is 65.0 Å². The Morgan fingerprint density at radius 3 is 2.63 bits per heavy atom. The van der Waals surface area contributed by atoms with Crippen molar-refractivity contribution in [3.63, 3.8) is 0 Å². The van der Waals surface area contributed by atoms with Crippen LogP contribution in [0.3, 0.4) is 0 Å². The third-order valence-electron chi connectivity index (χ3n) is 6.49. The Labute approximate surface area is 177 Å². The number of pyridine rings is 2. The van der Waals surface area contributed by atoms with E-state index in [1.165, 1.54) is 49.0 Å². The van der Waals surface area contributed by atoms with Crippen LogP contribution >= 0.6 is 11.8 Å². The van der Waals surface area contributed by atoms with Gasteiger partial charge in [-0.25, -0.2) is 13.8 Å². The van der Waals surface area contributed by atoms with E-state index in [4.69, 9.17) is 0 Å². The number of halogens is 2. The zero-order chi connectivity index (χ0) is 20.7. The molecule has 0 atom stereocenters. The standard InChI is InChI=1S/C22H24F2N4OS/c23-17-11-19(15-1-6-25-21-20(15)18(24)13-27-21)26-12-16(17)22(29)4-7-28(8-5-22)14-2-9-30-10-3-14/h1,6,11-14,29H,2-5,7-10H2,(H,25,27). The van der Waals surface area contributed by atoms with Gasteiger partial charge < -0.3 is 15.0 Å². The number of H-pyrrole nitrogens is 1. The highest BCUT2D eigenvalue weighted by atomic mass is 32.2. The molecule has 2 saturated heterocycles. The van der Waals surface area contributed by atoms with E-state index >= 15 is 4.39 Å². The van der Waals surface area contributed by atoms with Crippen LogP contribution in [0.4, 0.5) is 8.78 Å². The summed E-state index contributed by atoms with van der Waals surface area (Å²) in [5, 5.41) is 11.5. The third kappa shape index (κ3) is 3.50. The molecule has 8 heteroatoms. The van der Waals surface area contributed by atoms with Crippen molar-refractivity contribution < 1.29 is 13.9 Å². The average Bonchev–Trinajstić information content (AvgIpc) is 3.16. The molecule has 2 aliphatic heterocycles. The molecule has 0 radical (unpaired) electrons. The van der Waals surface area contributed by atoms with Gasteiger partial charge in [0.2, 0.25) is 0 Å². The first kappa shape index (κ1) is 19.9. The molecule has 5 rings (SSSR count). The molecule has 0 spiro atoms. The summed E-state index contributed by atoms with van der Waals surface area (Å²) in [6, 6.07) is 3.49. The minimum Gasteiger partial charge on any atom is -0.385 e.